The molecular weight excluding hydrogens is 268 g/mol. The van der Waals surface area contributed by atoms with E-state index in [0.29, 0.717) is 12.1 Å². The summed E-state index contributed by atoms with van der Waals surface area (Å²) in [7, 11) is 0. The molecule has 0 saturated heterocycles. The van der Waals surface area contributed by atoms with Crippen LogP contribution in [0.25, 0.3) is 0 Å². The maximum absolute atomic E-state index is 11.8. The minimum Gasteiger partial charge on any atom is -0.351 e. The Balaban J connectivity index is 2.53. The van der Waals surface area contributed by atoms with Gasteiger partial charge in [-0.1, -0.05) is 13.0 Å². The van der Waals surface area contributed by atoms with Gasteiger partial charge in [-0.25, -0.2) is 0 Å². The van der Waals surface area contributed by atoms with Crippen LogP contribution in [0.3, 0.4) is 0 Å². The van der Waals surface area contributed by atoms with Crippen molar-refractivity contribution in [1.29, 1.82) is 0 Å². The van der Waals surface area contributed by atoms with E-state index in [-0.39, 0.29) is 5.91 Å². The van der Waals surface area contributed by atoms with E-state index >= 15 is 0 Å². The molecule has 3 nitrogen and oxygen atoms in total. The second kappa shape index (κ2) is 6.66. The SMILES string of the molecule is CCNCCNC(=O)c1ccc(C)cc1Br. The molecule has 1 amide bonds. The van der Waals surface area contributed by atoms with Crippen LogP contribution in [0.4, 0.5) is 0 Å². The van der Waals surface area contributed by atoms with E-state index in [9.17, 15) is 4.79 Å². The van der Waals surface area contributed by atoms with Gasteiger partial charge in [0.2, 0.25) is 0 Å². The highest BCUT2D eigenvalue weighted by atomic mass is 79.9. The van der Waals surface area contributed by atoms with Crippen LogP contribution in [0.2, 0.25) is 0 Å². The molecule has 4 heteroatoms. The van der Waals surface area contributed by atoms with Gasteiger partial charge in [-0.3, -0.25) is 4.79 Å². The molecule has 0 heterocycles. The average molecular weight is 285 g/mol. The summed E-state index contributed by atoms with van der Waals surface area (Å²) in [5.74, 6) is -0.0372. The third-order valence-corrected chi connectivity index (χ3v) is 2.86. The lowest BCUT2D eigenvalue weighted by Gasteiger charge is -2.07. The lowest BCUT2D eigenvalue weighted by Crippen LogP contribution is -2.31. The molecule has 2 N–H and O–H groups in total. The maximum Gasteiger partial charge on any atom is 0.252 e. The molecule has 0 fully saturated rings. The van der Waals surface area contributed by atoms with Crippen molar-refractivity contribution in [2.24, 2.45) is 0 Å². The molecule has 0 spiro atoms. The van der Waals surface area contributed by atoms with Gasteiger partial charge in [0, 0.05) is 17.6 Å². The van der Waals surface area contributed by atoms with Crippen LogP contribution in [0.5, 0.6) is 0 Å². The van der Waals surface area contributed by atoms with Gasteiger partial charge in [-0.05, 0) is 47.1 Å². The first kappa shape index (κ1) is 13.2. The Kier molecular flexibility index (Phi) is 5.49. The van der Waals surface area contributed by atoms with E-state index in [2.05, 4.69) is 26.6 Å². The first-order chi connectivity index (χ1) is 7.65. The lowest BCUT2D eigenvalue weighted by molar-refractivity contribution is 0.0953. The fourth-order valence-electron chi connectivity index (χ4n) is 1.34. The van der Waals surface area contributed by atoms with Gasteiger partial charge < -0.3 is 10.6 Å². The van der Waals surface area contributed by atoms with Crippen LogP contribution in [-0.2, 0) is 0 Å². The van der Waals surface area contributed by atoms with Crippen molar-refractivity contribution in [3.8, 4) is 0 Å². The quantitative estimate of drug-likeness (QED) is 0.813. The molecule has 0 saturated carbocycles. The van der Waals surface area contributed by atoms with Crippen LogP contribution < -0.4 is 10.6 Å². The zero-order valence-electron chi connectivity index (χ0n) is 9.64. The number of carbonyl (C=O) groups is 1. The lowest BCUT2D eigenvalue weighted by atomic mass is 10.1. The number of hydrogen-bond acceptors (Lipinski definition) is 2. The van der Waals surface area contributed by atoms with Crippen molar-refractivity contribution in [2.75, 3.05) is 19.6 Å². The van der Waals surface area contributed by atoms with Gasteiger partial charge in [-0.2, -0.15) is 0 Å². The molecule has 0 aliphatic rings. The summed E-state index contributed by atoms with van der Waals surface area (Å²) in [6.07, 6.45) is 0. The topological polar surface area (TPSA) is 41.1 Å². The van der Waals surface area contributed by atoms with Crippen LogP contribution in [0, 0.1) is 6.92 Å². The van der Waals surface area contributed by atoms with Gasteiger partial charge in [0.25, 0.3) is 5.91 Å². The molecule has 0 aliphatic carbocycles. The number of rotatable bonds is 5. The zero-order valence-corrected chi connectivity index (χ0v) is 11.2. The Morgan fingerprint density at radius 1 is 1.38 bits per heavy atom. The van der Waals surface area contributed by atoms with Crippen LogP contribution in [0.1, 0.15) is 22.8 Å². The van der Waals surface area contributed by atoms with Crippen LogP contribution >= 0.6 is 15.9 Å². The van der Waals surface area contributed by atoms with E-state index in [1.54, 1.807) is 0 Å². The first-order valence-corrected chi connectivity index (χ1v) is 6.19. The highest BCUT2D eigenvalue weighted by Crippen LogP contribution is 2.17. The Labute approximate surface area is 105 Å². The zero-order chi connectivity index (χ0) is 12.0. The molecule has 0 bridgehead atoms. The van der Waals surface area contributed by atoms with Crippen molar-refractivity contribution in [3.05, 3.63) is 33.8 Å². The summed E-state index contributed by atoms with van der Waals surface area (Å²) in [5.41, 5.74) is 1.82. The summed E-state index contributed by atoms with van der Waals surface area (Å²) in [5, 5.41) is 6.01. The average Bonchev–Trinajstić information content (AvgIpc) is 2.24. The fraction of sp³-hybridized carbons (Fsp3) is 0.417. The van der Waals surface area contributed by atoms with Gasteiger partial charge in [0.15, 0.2) is 0 Å². The van der Waals surface area contributed by atoms with Crippen LogP contribution in [-0.4, -0.2) is 25.5 Å². The minimum atomic E-state index is -0.0372. The van der Waals surface area contributed by atoms with Crippen molar-refractivity contribution in [2.45, 2.75) is 13.8 Å². The summed E-state index contributed by atoms with van der Waals surface area (Å²) < 4.78 is 0.841. The number of nitrogens with one attached hydrogen (secondary N) is 2. The Hall–Kier alpha value is -0.870. The second-order valence-corrected chi connectivity index (χ2v) is 4.45. The molecule has 16 heavy (non-hydrogen) atoms. The summed E-state index contributed by atoms with van der Waals surface area (Å²) >= 11 is 3.39. The smallest absolute Gasteiger partial charge is 0.252 e. The van der Waals surface area contributed by atoms with Crippen molar-refractivity contribution < 1.29 is 4.79 Å². The van der Waals surface area contributed by atoms with Gasteiger partial charge in [0.1, 0.15) is 0 Å². The summed E-state index contributed by atoms with van der Waals surface area (Å²) in [4.78, 5) is 11.8. The standard InChI is InChI=1S/C12H17BrN2O/c1-3-14-6-7-15-12(16)10-5-4-9(2)8-11(10)13/h4-5,8,14H,3,6-7H2,1-2H3,(H,15,16). The molecule has 88 valence electrons. The fourth-order valence-corrected chi connectivity index (χ4v) is 2.01. The van der Waals surface area contributed by atoms with Crippen molar-refractivity contribution in [1.82, 2.24) is 10.6 Å². The summed E-state index contributed by atoms with van der Waals surface area (Å²) in [6, 6.07) is 5.71. The Morgan fingerprint density at radius 2 is 2.12 bits per heavy atom. The molecule has 0 radical (unpaired) electrons. The van der Waals surface area contributed by atoms with Crippen molar-refractivity contribution >= 4 is 21.8 Å². The number of aryl methyl sites for hydroxylation is 1. The third-order valence-electron chi connectivity index (χ3n) is 2.21. The van der Waals surface area contributed by atoms with E-state index in [4.69, 9.17) is 0 Å². The van der Waals surface area contributed by atoms with Crippen molar-refractivity contribution in [3.63, 3.8) is 0 Å². The second-order valence-electron chi connectivity index (χ2n) is 3.59. The van der Waals surface area contributed by atoms with E-state index in [1.807, 2.05) is 32.0 Å². The molecule has 1 rings (SSSR count). The molecular formula is C12H17BrN2O. The molecule has 0 aliphatic heterocycles. The Bertz CT molecular complexity index is 366. The first-order valence-electron chi connectivity index (χ1n) is 5.40. The molecule has 1 aromatic rings. The predicted octanol–water partition coefficient (Wildman–Crippen LogP) is 2.10. The highest BCUT2D eigenvalue weighted by molar-refractivity contribution is 9.10. The molecule has 0 aromatic heterocycles. The largest absolute Gasteiger partial charge is 0.351 e. The number of halogens is 1. The maximum atomic E-state index is 11.8. The normalized spacial score (nSPS) is 10.2. The molecule has 0 unspecified atom stereocenters. The Morgan fingerprint density at radius 3 is 2.75 bits per heavy atom. The minimum absolute atomic E-state index is 0.0372. The third kappa shape index (κ3) is 3.94. The van der Waals surface area contributed by atoms with E-state index in [0.717, 1.165) is 23.1 Å². The number of benzene rings is 1. The van der Waals surface area contributed by atoms with Gasteiger partial charge in [-0.15, -0.1) is 0 Å². The van der Waals surface area contributed by atoms with Gasteiger partial charge in [0.05, 0.1) is 5.56 Å². The van der Waals surface area contributed by atoms with E-state index in [1.165, 1.54) is 0 Å². The predicted molar refractivity (Wildman–Crippen MR) is 69.8 cm³/mol. The number of amides is 1. The monoisotopic (exact) mass is 284 g/mol. The van der Waals surface area contributed by atoms with Crippen LogP contribution in [0.15, 0.2) is 22.7 Å². The van der Waals surface area contributed by atoms with Gasteiger partial charge >= 0.3 is 0 Å². The number of likely N-dealkylation sites (N-methyl/N-ethyl adjacent to an activating group) is 1. The molecule has 1 aromatic carbocycles. The number of hydrogen-bond donors (Lipinski definition) is 2. The summed E-state index contributed by atoms with van der Waals surface area (Å²) in [6.45, 7) is 6.40. The number of carbonyl (C=O) groups excluding carboxylic acids is 1. The van der Waals surface area contributed by atoms with E-state index < -0.39 is 0 Å². The molecule has 0 atom stereocenters. The highest BCUT2D eigenvalue weighted by Gasteiger charge is 2.08.